The van der Waals surface area contributed by atoms with Crippen LogP contribution in [0.4, 0.5) is 0 Å². The van der Waals surface area contributed by atoms with E-state index in [4.69, 9.17) is 0 Å². The predicted octanol–water partition coefficient (Wildman–Crippen LogP) is 2.71. The van der Waals surface area contributed by atoms with Crippen molar-refractivity contribution in [1.29, 1.82) is 0 Å². The number of rotatable bonds is 11. The van der Waals surface area contributed by atoms with Gasteiger partial charge in [0.1, 0.15) is 9.84 Å². The molecule has 0 aromatic carbocycles. The number of hydrogen-bond donors (Lipinski definition) is 1. The summed E-state index contributed by atoms with van der Waals surface area (Å²) in [4.78, 5) is 0. The Morgan fingerprint density at radius 2 is 1.89 bits per heavy atom. The van der Waals surface area contributed by atoms with E-state index in [9.17, 15) is 8.42 Å². The molecule has 110 valence electrons. The summed E-state index contributed by atoms with van der Waals surface area (Å²) >= 11 is 1.98. The Morgan fingerprint density at radius 3 is 2.39 bits per heavy atom. The summed E-state index contributed by atoms with van der Waals surface area (Å²) in [5.74, 6) is 1.68. The van der Waals surface area contributed by atoms with Gasteiger partial charge in [-0.25, -0.2) is 8.42 Å². The third kappa shape index (κ3) is 9.22. The summed E-state index contributed by atoms with van der Waals surface area (Å²) in [6.45, 7) is 9.22. The molecule has 0 radical (unpaired) electrons. The van der Waals surface area contributed by atoms with Gasteiger partial charge in [-0.3, -0.25) is 0 Å². The maximum atomic E-state index is 11.4. The first-order chi connectivity index (χ1) is 8.45. The topological polar surface area (TPSA) is 46.2 Å². The molecular weight excluding hydrogens is 266 g/mol. The monoisotopic (exact) mass is 295 g/mol. The second-order valence-electron chi connectivity index (χ2n) is 4.69. The van der Waals surface area contributed by atoms with Gasteiger partial charge in [-0.1, -0.05) is 27.7 Å². The van der Waals surface area contributed by atoms with E-state index in [0.29, 0.717) is 17.0 Å². The van der Waals surface area contributed by atoms with E-state index in [1.54, 1.807) is 6.92 Å². The molecule has 0 fully saturated rings. The van der Waals surface area contributed by atoms with Gasteiger partial charge in [0.05, 0.1) is 5.75 Å². The molecule has 0 heterocycles. The minimum absolute atomic E-state index is 0.264. The largest absolute Gasteiger partial charge is 0.313 e. The Morgan fingerprint density at radius 1 is 1.22 bits per heavy atom. The average molecular weight is 296 g/mol. The standard InChI is InChI=1S/C13H29NO2S2/c1-5-12(4)17-11-13(14-6-2)9-8-10-18(15,16)7-3/h12-14H,5-11H2,1-4H3. The summed E-state index contributed by atoms with van der Waals surface area (Å²) in [7, 11) is -2.80. The van der Waals surface area contributed by atoms with E-state index < -0.39 is 9.84 Å². The van der Waals surface area contributed by atoms with E-state index in [1.165, 1.54) is 6.42 Å². The van der Waals surface area contributed by atoms with Gasteiger partial charge in [-0.15, -0.1) is 0 Å². The van der Waals surface area contributed by atoms with Crippen molar-refractivity contribution in [2.75, 3.05) is 23.8 Å². The van der Waals surface area contributed by atoms with Crippen molar-refractivity contribution in [2.24, 2.45) is 0 Å². The van der Waals surface area contributed by atoms with Gasteiger partial charge in [0.25, 0.3) is 0 Å². The van der Waals surface area contributed by atoms with Crippen LogP contribution in [-0.2, 0) is 9.84 Å². The lowest BCUT2D eigenvalue weighted by Crippen LogP contribution is -2.32. The van der Waals surface area contributed by atoms with E-state index >= 15 is 0 Å². The van der Waals surface area contributed by atoms with Crippen LogP contribution in [0.25, 0.3) is 0 Å². The Bertz CT molecular complexity index is 291. The minimum Gasteiger partial charge on any atom is -0.313 e. The quantitative estimate of drug-likeness (QED) is 0.636. The molecule has 5 heteroatoms. The van der Waals surface area contributed by atoms with E-state index in [2.05, 4.69) is 26.1 Å². The van der Waals surface area contributed by atoms with Crippen molar-refractivity contribution < 1.29 is 8.42 Å². The highest BCUT2D eigenvalue weighted by Gasteiger charge is 2.12. The fourth-order valence-corrected chi connectivity index (χ4v) is 3.60. The maximum Gasteiger partial charge on any atom is 0.150 e. The van der Waals surface area contributed by atoms with Gasteiger partial charge in [-0.05, 0) is 25.8 Å². The molecule has 0 spiro atoms. The maximum absolute atomic E-state index is 11.4. The van der Waals surface area contributed by atoms with Crippen molar-refractivity contribution in [3.63, 3.8) is 0 Å². The van der Waals surface area contributed by atoms with Crippen molar-refractivity contribution in [3.05, 3.63) is 0 Å². The average Bonchev–Trinajstić information content (AvgIpc) is 2.35. The fourth-order valence-electron chi connectivity index (χ4n) is 1.63. The molecule has 0 saturated carbocycles. The van der Waals surface area contributed by atoms with E-state index in [-0.39, 0.29) is 5.75 Å². The molecular formula is C13H29NO2S2. The number of sulfone groups is 1. The van der Waals surface area contributed by atoms with Crippen molar-refractivity contribution in [2.45, 2.75) is 58.2 Å². The Balaban J connectivity index is 3.96. The van der Waals surface area contributed by atoms with Crippen LogP contribution in [-0.4, -0.2) is 43.5 Å². The lowest BCUT2D eigenvalue weighted by Gasteiger charge is -2.19. The first kappa shape index (κ1) is 18.3. The van der Waals surface area contributed by atoms with Crippen molar-refractivity contribution in [1.82, 2.24) is 5.32 Å². The zero-order valence-electron chi connectivity index (χ0n) is 12.2. The molecule has 2 atom stereocenters. The molecule has 0 bridgehead atoms. The van der Waals surface area contributed by atoms with Gasteiger partial charge < -0.3 is 5.32 Å². The van der Waals surface area contributed by atoms with E-state index in [0.717, 1.165) is 25.1 Å². The van der Waals surface area contributed by atoms with Crippen molar-refractivity contribution >= 4 is 21.6 Å². The molecule has 1 N–H and O–H groups in total. The highest BCUT2D eigenvalue weighted by Crippen LogP contribution is 2.16. The molecule has 0 aromatic rings. The summed E-state index contributed by atoms with van der Waals surface area (Å²) in [6, 6.07) is 0.445. The zero-order chi connectivity index (χ0) is 14.0. The zero-order valence-corrected chi connectivity index (χ0v) is 13.9. The first-order valence-electron chi connectivity index (χ1n) is 7.00. The lowest BCUT2D eigenvalue weighted by atomic mass is 10.2. The summed E-state index contributed by atoms with van der Waals surface area (Å²) < 4.78 is 22.9. The van der Waals surface area contributed by atoms with Crippen LogP contribution in [0.2, 0.25) is 0 Å². The molecule has 0 aromatic heterocycles. The normalized spacial score (nSPS) is 15.6. The summed E-state index contributed by atoms with van der Waals surface area (Å²) in [6.07, 6.45) is 2.92. The molecule has 0 amide bonds. The molecule has 3 nitrogen and oxygen atoms in total. The Hall–Kier alpha value is 0.260. The van der Waals surface area contributed by atoms with Gasteiger partial charge in [0, 0.05) is 22.8 Å². The number of nitrogens with one attached hydrogen (secondary N) is 1. The fraction of sp³-hybridized carbons (Fsp3) is 1.00. The number of hydrogen-bond acceptors (Lipinski definition) is 4. The lowest BCUT2D eigenvalue weighted by molar-refractivity contribution is 0.526. The SMILES string of the molecule is CCNC(CCCS(=O)(=O)CC)CSC(C)CC. The van der Waals surface area contributed by atoms with Gasteiger partial charge in [-0.2, -0.15) is 11.8 Å². The molecule has 0 aliphatic carbocycles. The summed E-state index contributed by atoms with van der Waals surface area (Å²) in [5.41, 5.74) is 0. The minimum atomic E-state index is -2.80. The molecule has 0 aliphatic rings. The van der Waals surface area contributed by atoms with Gasteiger partial charge in [0.2, 0.25) is 0 Å². The molecule has 0 aliphatic heterocycles. The molecule has 0 saturated heterocycles. The van der Waals surface area contributed by atoms with Crippen LogP contribution in [0.15, 0.2) is 0 Å². The highest BCUT2D eigenvalue weighted by molar-refractivity contribution is 7.99. The Kier molecular flexibility index (Phi) is 10.2. The second kappa shape index (κ2) is 10.1. The van der Waals surface area contributed by atoms with Crippen LogP contribution >= 0.6 is 11.8 Å². The van der Waals surface area contributed by atoms with Crippen LogP contribution in [0.1, 0.15) is 47.0 Å². The molecule has 0 rings (SSSR count). The molecule has 2 unspecified atom stereocenters. The van der Waals surface area contributed by atoms with E-state index in [1.807, 2.05) is 11.8 Å². The van der Waals surface area contributed by atoms with Crippen LogP contribution in [0, 0.1) is 0 Å². The van der Waals surface area contributed by atoms with Gasteiger partial charge >= 0.3 is 0 Å². The number of thioether (sulfide) groups is 1. The smallest absolute Gasteiger partial charge is 0.150 e. The highest BCUT2D eigenvalue weighted by atomic mass is 32.2. The second-order valence-corrected chi connectivity index (χ2v) is 8.63. The third-order valence-electron chi connectivity index (χ3n) is 3.10. The Labute approximate surface area is 117 Å². The molecule has 18 heavy (non-hydrogen) atoms. The predicted molar refractivity (Wildman–Crippen MR) is 83.2 cm³/mol. The van der Waals surface area contributed by atoms with Crippen LogP contribution in [0.5, 0.6) is 0 Å². The third-order valence-corrected chi connectivity index (χ3v) is 6.38. The van der Waals surface area contributed by atoms with Crippen molar-refractivity contribution in [3.8, 4) is 0 Å². The first-order valence-corrected chi connectivity index (χ1v) is 9.87. The van der Waals surface area contributed by atoms with Gasteiger partial charge in [0.15, 0.2) is 0 Å². The van der Waals surface area contributed by atoms with Crippen LogP contribution in [0.3, 0.4) is 0 Å². The van der Waals surface area contributed by atoms with Crippen LogP contribution < -0.4 is 5.32 Å². The summed E-state index contributed by atoms with van der Waals surface area (Å²) in [5, 5.41) is 4.14.